The fourth-order valence-corrected chi connectivity index (χ4v) is 7.25. The number of nitrogens with one attached hydrogen (secondary N) is 1. The van der Waals surface area contributed by atoms with Gasteiger partial charge in [0.05, 0.1) is 18.8 Å². The van der Waals surface area contributed by atoms with Crippen molar-refractivity contribution < 1.29 is 15.0 Å². The first-order valence-corrected chi connectivity index (χ1v) is 23.7. The lowest BCUT2D eigenvalue weighted by molar-refractivity contribution is -0.123. The van der Waals surface area contributed by atoms with Crippen LogP contribution in [0.1, 0.15) is 251 Å². The topological polar surface area (TPSA) is 69.6 Å². The van der Waals surface area contributed by atoms with Crippen LogP contribution in [0, 0.1) is 0 Å². The van der Waals surface area contributed by atoms with Gasteiger partial charge in [-0.15, -0.1) is 0 Å². The average molecular weight is 744 g/mol. The third-order valence-electron chi connectivity index (χ3n) is 10.9. The van der Waals surface area contributed by atoms with E-state index in [4.69, 9.17) is 0 Å². The molecule has 0 fully saturated rings. The van der Waals surface area contributed by atoms with Gasteiger partial charge in [-0.3, -0.25) is 4.79 Å². The van der Waals surface area contributed by atoms with Crippen LogP contribution in [-0.4, -0.2) is 34.9 Å². The van der Waals surface area contributed by atoms with Crippen LogP contribution in [0.2, 0.25) is 0 Å². The molecule has 312 valence electrons. The molecule has 2 unspecified atom stereocenters. The molecule has 0 aromatic rings. The summed E-state index contributed by atoms with van der Waals surface area (Å²) in [5.41, 5.74) is 0. The molecule has 0 aliphatic carbocycles. The van der Waals surface area contributed by atoms with Gasteiger partial charge in [-0.25, -0.2) is 0 Å². The van der Waals surface area contributed by atoms with Crippen molar-refractivity contribution in [3.8, 4) is 0 Å². The molecule has 0 aromatic carbocycles. The van der Waals surface area contributed by atoms with Gasteiger partial charge in [-0.05, 0) is 51.4 Å². The molecule has 2 atom stereocenters. The number of hydrogen-bond donors (Lipinski definition) is 3. The summed E-state index contributed by atoms with van der Waals surface area (Å²) in [5.74, 6) is -0.0319. The summed E-state index contributed by atoms with van der Waals surface area (Å²) in [6.07, 6.45) is 59.6. The van der Waals surface area contributed by atoms with Gasteiger partial charge in [0.1, 0.15) is 0 Å². The first-order valence-electron chi connectivity index (χ1n) is 23.7. The minimum Gasteiger partial charge on any atom is -0.394 e. The van der Waals surface area contributed by atoms with Crippen molar-refractivity contribution in [3.63, 3.8) is 0 Å². The van der Waals surface area contributed by atoms with Crippen molar-refractivity contribution >= 4 is 5.91 Å². The zero-order valence-corrected chi connectivity index (χ0v) is 35.8. The van der Waals surface area contributed by atoms with Crippen molar-refractivity contribution in [3.05, 3.63) is 36.5 Å². The van der Waals surface area contributed by atoms with Crippen LogP contribution in [0.25, 0.3) is 0 Å². The number of rotatable bonds is 43. The van der Waals surface area contributed by atoms with Gasteiger partial charge in [0.25, 0.3) is 0 Å². The fourth-order valence-electron chi connectivity index (χ4n) is 7.25. The Hall–Kier alpha value is -1.39. The third-order valence-corrected chi connectivity index (χ3v) is 10.9. The molecule has 0 radical (unpaired) electrons. The third kappa shape index (κ3) is 41.6. The predicted octanol–water partition coefficient (Wildman–Crippen LogP) is 15.0. The van der Waals surface area contributed by atoms with E-state index in [0.29, 0.717) is 12.8 Å². The van der Waals surface area contributed by atoms with Crippen molar-refractivity contribution in [1.29, 1.82) is 0 Å². The highest BCUT2D eigenvalue weighted by molar-refractivity contribution is 5.76. The highest BCUT2D eigenvalue weighted by atomic mass is 16.3. The molecule has 0 bridgehead atoms. The number of allylic oxidation sites excluding steroid dienone is 6. The number of amides is 1. The van der Waals surface area contributed by atoms with Crippen molar-refractivity contribution in [1.82, 2.24) is 5.32 Å². The quantitative estimate of drug-likeness (QED) is 0.0430. The van der Waals surface area contributed by atoms with E-state index >= 15 is 0 Å². The van der Waals surface area contributed by atoms with Gasteiger partial charge >= 0.3 is 0 Å². The molecule has 0 saturated heterocycles. The second-order valence-electron chi connectivity index (χ2n) is 16.2. The number of aliphatic hydroxyl groups is 2. The first kappa shape index (κ1) is 51.6. The van der Waals surface area contributed by atoms with Gasteiger partial charge in [-0.2, -0.15) is 0 Å². The molecule has 0 aliphatic heterocycles. The lowest BCUT2D eigenvalue weighted by atomic mass is 10.0. The zero-order valence-electron chi connectivity index (χ0n) is 35.8. The van der Waals surface area contributed by atoms with E-state index in [2.05, 4.69) is 55.6 Å². The van der Waals surface area contributed by atoms with Crippen LogP contribution in [0.4, 0.5) is 0 Å². The Morgan fingerprint density at radius 1 is 0.453 bits per heavy atom. The van der Waals surface area contributed by atoms with Gasteiger partial charge in [-0.1, -0.05) is 230 Å². The van der Waals surface area contributed by atoms with E-state index in [-0.39, 0.29) is 12.5 Å². The lowest BCUT2D eigenvalue weighted by Gasteiger charge is -2.22. The van der Waals surface area contributed by atoms with Crippen LogP contribution in [0.5, 0.6) is 0 Å². The molecular weight excluding hydrogens is 651 g/mol. The minimum atomic E-state index is -0.656. The summed E-state index contributed by atoms with van der Waals surface area (Å²) in [6.45, 7) is 4.34. The normalized spacial score (nSPS) is 13.2. The SMILES string of the molecule is CCCCCCC/C=C\C/C=C\C/C=C\CCCCCCCCCCCCCCCCCCC(=O)NC(CO)C(O)CCCCCCCCCCCC. The Morgan fingerprint density at radius 2 is 0.774 bits per heavy atom. The number of carbonyl (C=O) groups is 1. The summed E-state index contributed by atoms with van der Waals surface area (Å²) >= 11 is 0. The Bertz CT molecular complexity index is 806. The maximum atomic E-state index is 12.4. The van der Waals surface area contributed by atoms with Crippen LogP contribution < -0.4 is 5.32 Å². The van der Waals surface area contributed by atoms with Crippen molar-refractivity contribution in [2.75, 3.05) is 6.61 Å². The molecule has 4 nitrogen and oxygen atoms in total. The Balaban J connectivity index is 3.43. The first-order chi connectivity index (χ1) is 26.2. The number of unbranched alkanes of at least 4 members (excludes halogenated alkanes) is 30. The maximum Gasteiger partial charge on any atom is 0.220 e. The number of aliphatic hydroxyl groups excluding tert-OH is 2. The van der Waals surface area contributed by atoms with Crippen molar-refractivity contribution in [2.45, 2.75) is 264 Å². The Labute approximate surface area is 331 Å². The summed E-state index contributed by atoms with van der Waals surface area (Å²) in [6, 6.07) is -0.533. The molecule has 0 spiro atoms. The van der Waals surface area contributed by atoms with E-state index in [1.165, 1.54) is 186 Å². The second-order valence-corrected chi connectivity index (χ2v) is 16.2. The molecule has 0 saturated carbocycles. The maximum absolute atomic E-state index is 12.4. The summed E-state index contributed by atoms with van der Waals surface area (Å²) in [7, 11) is 0. The summed E-state index contributed by atoms with van der Waals surface area (Å²) < 4.78 is 0. The highest BCUT2D eigenvalue weighted by Gasteiger charge is 2.20. The van der Waals surface area contributed by atoms with Crippen LogP contribution in [-0.2, 0) is 4.79 Å². The van der Waals surface area contributed by atoms with Gasteiger partial charge in [0.15, 0.2) is 0 Å². The van der Waals surface area contributed by atoms with E-state index in [0.717, 1.165) is 38.5 Å². The molecular formula is C49H93NO3. The highest BCUT2D eigenvalue weighted by Crippen LogP contribution is 2.16. The van der Waals surface area contributed by atoms with Gasteiger partial charge in [0, 0.05) is 6.42 Å². The summed E-state index contributed by atoms with van der Waals surface area (Å²) in [4.78, 5) is 12.4. The molecule has 53 heavy (non-hydrogen) atoms. The van der Waals surface area contributed by atoms with E-state index in [9.17, 15) is 15.0 Å². The van der Waals surface area contributed by atoms with Gasteiger partial charge in [0.2, 0.25) is 5.91 Å². The smallest absolute Gasteiger partial charge is 0.220 e. The largest absolute Gasteiger partial charge is 0.394 e. The lowest BCUT2D eigenvalue weighted by Crippen LogP contribution is -2.45. The Morgan fingerprint density at radius 3 is 1.15 bits per heavy atom. The molecule has 3 N–H and O–H groups in total. The molecule has 0 aromatic heterocycles. The zero-order chi connectivity index (χ0) is 38.6. The standard InChI is InChI=1S/C49H93NO3/c1-3-5-7-9-11-13-15-16-17-18-19-20-21-22-23-24-25-26-27-28-29-30-31-32-33-34-35-37-39-41-43-45-49(53)50-47(46-51)48(52)44-42-40-38-36-14-12-10-8-6-4-2/h15-16,18-19,21-22,47-48,51-52H,3-14,17,20,23-46H2,1-2H3,(H,50,53)/b16-15-,19-18-,22-21-. The molecule has 1 amide bonds. The van der Waals surface area contributed by atoms with E-state index < -0.39 is 12.1 Å². The number of hydrogen-bond acceptors (Lipinski definition) is 3. The van der Waals surface area contributed by atoms with Crippen LogP contribution in [0.15, 0.2) is 36.5 Å². The molecule has 0 rings (SSSR count). The average Bonchev–Trinajstić information content (AvgIpc) is 3.16. The monoisotopic (exact) mass is 744 g/mol. The molecule has 4 heteroatoms. The second kappa shape index (κ2) is 45.0. The molecule has 0 heterocycles. The van der Waals surface area contributed by atoms with Crippen LogP contribution in [0.3, 0.4) is 0 Å². The minimum absolute atomic E-state index is 0.0319. The van der Waals surface area contributed by atoms with Gasteiger partial charge < -0.3 is 15.5 Å². The summed E-state index contributed by atoms with van der Waals surface area (Å²) in [5, 5.41) is 23.1. The Kier molecular flexibility index (Phi) is 43.8. The van der Waals surface area contributed by atoms with E-state index in [1.807, 2.05) is 0 Å². The fraction of sp³-hybridized carbons (Fsp3) is 0.857. The van der Waals surface area contributed by atoms with E-state index in [1.54, 1.807) is 0 Å². The molecule has 0 aliphatic rings. The van der Waals surface area contributed by atoms with Crippen LogP contribution >= 0.6 is 0 Å². The predicted molar refractivity (Wildman–Crippen MR) is 235 cm³/mol. The van der Waals surface area contributed by atoms with Crippen molar-refractivity contribution in [2.24, 2.45) is 0 Å². The number of carbonyl (C=O) groups excluding carboxylic acids is 1.